The molecule has 2 aromatic carbocycles. The normalized spacial score (nSPS) is 10.0. The van der Waals surface area contributed by atoms with E-state index >= 15 is 0 Å². The molecule has 0 unspecified atom stereocenters. The number of aryl methyl sites for hydroxylation is 2. The Morgan fingerprint density at radius 1 is 1.16 bits per heavy atom. The van der Waals surface area contributed by atoms with Gasteiger partial charge in [0.2, 0.25) is 0 Å². The Bertz CT molecular complexity index is 784. The minimum Gasteiger partial charge on any atom is -0.399 e. The maximum atomic E-state index is 12.7. The minimum absolute atomic E-state index is 0.141. The summed E-state index contributed by atoms with van der Waals surface area (Å²) in [5, 5.41) is 0.141. The Balaban J connectivity index is 0.000000251. The average molecular weight is 378 g/mol. The van der Waals surface area contributed by atoms with Gasteiger partial charge in [0, 0.05) is 10.6 Å². The van der Waals surface area contributed by atoms with Gasteiger partial charge in [-0.25, -0.2) is 4.39 Å². The van der Waals surface area contributed by atoms with Gasteiger partial charge in [-0.3, -0.25) is 0 Å². The molecular weight excluding hydrogens is 353 g/mol. The third-order valence-corrected chi connectivity index (χ3v) is 4.72. The molecule has 1 nitrogen and oxygen atoms in total. The minimum atomic E-state index is -0.394. The number of allylic oxidation sites excluding steroid dienone is 1. The van der Waals surface area contributed by atoms with Crippen molar-refractivity contribution in [3.8, 4) is 0 Å². The van der Waals surface area contributed by atoms with Crippen LogP contribution in [0.25, 0.3) is 4.91 Å². The Hall–Kier alpha value is -1.71. The number of nitrogen functional groups attached to an aromatic ring is 1. The molecule has 0 fully saturated rings. The van der Waals surface area contributed by atoms with E-state index in [2.05, 4.69) is 26.1 Å². The topological polar surface area (TPSA) is 26.0 Å². The molecule has 2 N–H and O–H groups in total. The summed E-state index contributed by atoms with van der Waals surface area (Å²) in [5.74, 6) is -0.394. The molecule has 0 atom stereocenters. The highest BCUT2D eigenvalue weighted by molar-refractivity contribution is 8.07. The highest BCUT2D eigenvalue weighted by Gasteiger charge is 2.03. The molecule has 2 aromatic rings. The van der Waals surface area contributed by atoms with Crippen LogP contribution in [-0.2, 0) is 6.42 Å². The standard InChI is InChI=1S/C12H17N.C9H8ClFS/c1-8(2)5-11-6-10(4)12(13)7-9(11)3;1-6(12-2)7-3-4-9(11)8(10)5-7/h6-7H,1,5,13H2,2-4H3;3-5H,1H2,2H3. The van der Waals surface area contributed by atoms with Crippen LogP contribution >= 0.6 is 23.4 Å². The van der Waals surface area contributed by atoms with E-state index in [0.29, 0.717) is 0 Å². The van der Waals surface area contributed by atoms with Crippen LogP contribution in [0.5, 0.6) is 0 Å². The molecule has 4 heteroatoms. The van der Waals surface area contributed by atoms with E-state index < -0.39 is 5.82 Å². The maximum absolute atomic E-state index is 12.7. The number of nitrogens with two attached hydrogens (primary N) is 1. The Kier molecular flexibility index (Phi) is 8.27. The fourth-order valence-electron chi connectivity index (χ4n) is 2.20. The van der Waals surface area contributed by atoms with Crippen molar-refractivity contribution in [1.82, 2.24) is 0 Å². The first-order chi connectivity index (χ1) is 11.6. The number of rotatable bonds is 4. The lowest BCUT2D eigenvalue weighted by Gasteiger charge is -2.09. The summed E-state index contributed by atoms with van der Waals surface area (Å²) in [7, 11) is 0. The van der Waals surface area contributed by atoms with Crippen LogP contribution < -0.4 is 5.73 Å². The van der Waals surface area contributed by atoms with Gasteiger partial charge >= 0.3 is 0 Å². The molecule has 0 radical (unpaired) electrons. The van der Waals surface area contributed by atoms with E-state index in [1.807, 2.05) is 26.2 Å². The summed E-state index contributed by atoms with van der Waals surface area (Å²) in [6.45, 7) is 13.9. The van der Waals surface area contributed by atoms with Crippen molar-refractivity contribution in [2.75, 3.05) is 12.0 Å². The summed E-state index contributed by atoms with van der Waals surface area (Å²) >= 11 is 7.11. The number of benzene rings is 2. The Morgan fingerprint density at radius 2 is 1.80 bits per heavy atom. The molecule has 2 rings (SSSR count). The lowest BCUT2D eigenvalue weighted by atomic mass is 9.99. The van der Waals surface area contributed by atoms with Gasteiger partial charge in [-0.05, 0) is 73.9 Å². The van der Waals surface area contributed by atoms with Crippen molar-refractivity contribution in [1.29, 1.82) is 0 Å². The number of hydrogen-bond donors (Lipinski definition) is 1. The third kappa shape index (κ3) is 6.60. The van der Waals surface area contributed by atoms with Crippen LogP contribution in [0.2, 0.25) is 5.02 Å². The summed E-state index contributed by atoms with van der Waals surface area (Å²) in [4.78, 5) is 0.886. The quantitative estimate of drug-likeness (QED) is 0.467. The lowest BCUT2D eigenvalue weighted by Crippen LogP contribution is -1.96. The summed E-state index contributed by atoms with van der Waals surface area (Å²) in [6.07, 6.45) is 2.87. The number of hydrogen-bond acceptors (Lipinski definition) is 2. The second-order valence-electron chi connectivity index (χ2n) is 6.03. The maximum Gasteiger partial charge on any atom is 0.141 e. The molecule has 0 spiro atoms. The Labute approximate surface area is 159 Å². The molecule has 0 heterocycles. The van der Waals surface area contributed by atoms with Gasteiger partial charge in [0.1, 0.15) is 5.82 Å². The van der Waals surface area contributed by atoms with Gasteiger partial charge in [-0.2, -0.15) is 0 Å². The van der Waals surface area contributed by atoms with E-state index in [-0.39, 0.29) is 5.02 Å². The lowest BCUT2D eigenvalue weighted by molar-refractivity contribution is 0.628. The first kappa shape index (κ1) is 21.3. The van der Waals surface area contributed by atoms with Crippen molar-refractivity contribution in [3.05, 3.63) is 82.2 Å². The highest BCUT2D eigenvalue weighted by atomic mass is 35.5. The van der Waals surface area contributed by atoms with Gasteiger partial charge in [-0.1, -0.05) is 42.5 Å². The van der Waals surface area contributed by atoms with E-state index in [1.54, 1.807) is 12.1 Å². The van der Waals surface area contributed by atoms with Crippen molar-refractivity contribution >= 4 is 34.0 Å². The second-order valence-corrected chi connectivity index (χ2v) is 7.33. The van der Waals surface area contributed by atoms with E-state index in [0.717, 1.165) is 28.1 Å². The molecule has 0 aliphatic heterocycles. The molecule has 0 aromatic heterocycles. The van der Waals surface area contributed by atoms with Gasteiger partial charge < -0.3 is 5.73 Å². The fourth-order valence-corrected chi connectivity index (χ4v) is 2.74. The molecule has 0 bridgehead atoms. The van der Waals surface area contributed by atoms with Crippen molar-refractivity contribution in [2.24, 2.45) is 0 Å². The monoisotopic (exact) mass is 377 g/mol. The predicted octanol–water partition coefficient (Wildman–Crippen LogP) is 6.82. The van der Waals surface area contributed by atoms with Gasteiger partial charge in [-0.15, -0.1) is 11.8 Å². The van der Waals surface area contributed by atoms with Crippen LogP contribution in [0, 0.1) is 19.7 Å². The molecule has 0 saturated carbocycles. The van der Waals surface area contributed by atoms with Crippen LogP contribution in [0.3, 0.4) is 0 Å². The zero-order valence-corrected chi connectivity index (χ0v) is 16.8. The van der Waals surface area contributed by atoms with Crippen molar-refractivity contribution in [2.45, 2.75) is 27.2 Å². The summed E-state index contributed by atoms with van der Waals surface area (Å²) in [5.41, 5.74) is 12.5. The highest BCUT2D eigenvalue weighted by Crippen LogP contribution is 2.26. The SMILES string of the molecule is C=C(C)Cc1cc(C)c(N)cc1C.C=C(SC)c1ccc(F)c(Cl)c1. The van der Waals surface area contributed by atoms with E-state index in [4.69, 9.17) is 17.3 Å². The predicted molar refractivity (Wildman–Crippen MR) is 113 cm³/mol. The molecule has 134 valence electrons. The smallest absolute Gasteiger partial charge is 0.141 e. The molecule has 0 aliphatic carbocycles. The summed E-state index contributed by atoms with van der Waals surface area (Å²) in [6, 6.07) is 8.78. The first-order valence-electron chi connectivity index (χ1n) is 7.84. The van der Waals surface area contributed by atoms with Gasteiger partial charge in [0.05, 0.1) is 5.02 Å². The zero-order valence-electron chi connectivity index (χ0n) is 15.2. The molecular formula is C21H25ClFNS. The van der Waals surface area contributed by atoms with E-state index in [9.17, 15) is 4.39 Å². The second kappa shape index (κ2) is 9.69. The van der Waals surface area contributed by atoms with E-state index in [1.165, 1.54) is 34.5 Å². The van der Waals surface area contributed by atoms with Crippen molar-refractivity contribution < 1.29 is 4.39 Å². The van der Waals surface area contributed by atoms with Crippen LogP contribution in [-0.4, -0.2) is 6.26 Å². The number of halogens is 2. The fraction of sp³-hybridized carbons (Fsp3) is 0.238. The first-order valence-corrected chi connectivity index (χ1v) is 9.44. The van der Waals surface area contributed by atoms with Crippen LogP contribution in [0.1, 0.15) is 29.2 Å². The van der Waals surface area contributed by atoms with Crippen molar-refractivity contribution in [3.63, 3.8) is 0 Å². The van der Waals surface area contributed by atoms with Gasteiger partial charge in [0.25, 0.3) is 0 Å². The van der Waals surface area contributed by atoms with Crippen LogP contribution in [0.4, 0.5) is 10.1 Å². The average Bonchev–Trinajstić information content (AvgIpc) is 2.54. The van der Waals surface area contributed by atoms with Gasteiger partial charge in [0.15, 0.2) is 0 Å². The Morgan fingerprint density at radius 3 is 2.32 bits per heavy atom. The molecule has 25 heavy (non-hydrogen) atoms. The summed E-state index contributed by atoms with van der Waals surface area (Å²) < 4.78 is 12.7. The molecule has 0 amide bonds. The largest absolute Gasteiger partial charge is 0.399 e. The molecule has 0 aliphatic rings. The number of thioether (sulfide) groups is 1. The molecule has 0 saturated heterocycles. The third-order valence-electron chi connectivity index (χ3n) is 3.70. The zero-order chi connectivity index (χ0) is 19.1. The number of anilines is 1. The van der Waals surface area contributed by atoms with Crippen LogP contribution in [0.15, 0.2) is 49.1 Å².